The topological polar surface area (TPSA) is 239 Å². The van der Waals surface area contributed by atoms with Crippen molar-refractivity contribution in [1.82, 2.24) is 0 Å². The van der Waals surface area contributed by atoms with Gasteiger partial charge in [0.1, 0.15) is 0 Å². The molecule has 12 nitrogen and oxygen atoms in total. The molecule has 9 N–H and O–H groups in total. The summed E-state index contributed by atoms with van der Waals surface area (Å²) >= 11 is 0. The van der Waals surface area contributed by atoms with Gasteiger partial charge in [0.2, 0.25) is 0 Å². The van der Waals surface area contributed by atoms with E-state index in [0.29, 0.717) is 6.42 Å². The molecule has 0 heterocycles. The molecule has 0 saturated carbocycles. The van der Waals surface area contributed by atoms with Crippen LogP contribution in [0.25, 0.3) is 0 Å². The number of unbranched alkanes of at least 4 members (excludes halogenated alkanes) is 14. The number of aliphatic hydroxyl groups is 5. The van der Waals surface area contributed by atoms with Crippen LogP contribution in [0.3, 0.4) is 0 Å². The van der Waals surface area contributed by atoms with Crippen LogP contribution in [-0.4, -0.2) is 89.8 Å². The molecule has 0 aromatic heterocycles. The third-order valence-corrected chi connectivity index (χ3v) is 5.68. The molecule has 0 bridgehead atoms. The molecule has 0 aliphatic carbocycles. The Kier molecular flexibility index (Phi) is 48.5. The number of carbonyl (C=O) groups excluding carboxylic acids is 1. The maximum absolute atomic E-state index is 10.3. The van der Waals surface area contributed by atoms with Crippen LogP contribution < -0.4 is 34.7 Å². The zero-order valence-corrected chi connectivity index (χ0v) is 27.8. The van der Waals surface area contributed by atoms with E-state index in [-0.39, 0.29) is 29.6 Å². The molecule has 238 valence electrons. The maximum atomic E-state index is 10.3. The van der Waals surface area contributed by atoms with Crippen molar-refractivity contribution in [2.75, 3.05) is 26.4 Å². The molecule has 0 fully saturated rings. The number of rotatable bonds is 21. The summed E-state index contributed by atoms with van der Waals surface area (Å²) in [4.78, 5) is 41.4. The van der Waals surface area contributed by atoms with Gasteiger partial charge in [-0.2, -0.15) is 0 Å². The van der Waals surface area contributed by atoms with E-state index in [4.69, 9.17) is 45.3 Å². The molecule has 0 radical (unpaired) electrons. The smallest absolute Gasteiger partial charge is 0.547 e. The molecule has 0 aliphatic heterocycles. The molecule has 0 aromatic carbocycles. The third-order valence-electron chi connectivity index (χ3n) is 5.68. The Labute approximate surface area is 263 Å². The largest absolute Gasteiger partial charge is 1.00 e. The average molecular weight is 615 g/mol. The molecule has 0 spiro atoms. The Morgan fingerprint density at radius 2 is 0.900 bits per heavy atom. The van der Waals surface area contributed by atoms with Crippen LogP contribution in [0.2, 0.25) is 0 Å². The molecule has 1 unspecified atom stereocenters. The van der Waals surface area contributed by atoms with Crippen molar-refractivity contribution in [3.63, 3.8) is 0 Å². The first-order chi connectivity index (χ1) is 18.4. The summed E-state index contributed by atoms with van der Waals surface area (Å²) in [5.41, 5.74) is -1.11. The predicted octanol–water partition coefficient (Wildman–Crippen LogP) is -1.41. The zero-order chi connectivity index (χ0) is 31.0. The van der Waals surface area contributed by atoms with Crippen LogP contribution in [0, 0.1) is 5.41 Å². The third kappa shape index (κ3) is 47.8. The average Bonchev–Trinajstić information content (AvgIpc) is 2.88. The fraction of sp³-hybridized carbons (Fsp3) is 0.923. The molecule has 14 heteroatoms. The van der Waals surface area contributed by atoms with Crippen molar-refractivity contribution in [3.8, 4) is 0 Å². The van der Waals surface area contributed by atoms with Gasteiger partial charge in [0.15, 0.2) is 0 Å². The number of carbonyl (C=O) groups is 2. The minimum atomic E-state index is -2.62. The van der Waals surface area contributed by atoms with Gasteiger partial charge in [-0.05, 0) is 13.3 Å². The second kappa shape index (κ2) is 39.0. The minimum Gasteiger partial charge on any atom is -0.547 e. The van der Waals surface area contributed by atoms with Crippen LogP contribution in [0.1, 0.15) is 117 Å². The summed E-state index contributed by atoms with van der Waals surface area (Å²) in [6, 6.07) is 0. The van der Waals surface area contributed by atoms with Crippen molar-refractivity contribution >= 4 is 20.5 Å². The van der Waals surface area contributed by atoms with Crippen molar-refractivity contribution < 1.29 is 89.6 Å². The first-order valence-electron chi connectivity index (χ1n) is 13.8. The predicted molar refractivity (Wildman–Crippen MR) is 148 cm³/mol. The summed E-state index contributed by atoms with van der Waals surface area (Å²) in [6.45, 7) is 1.78. The Bertz CT molecular complexity index is 490. The van der Waals surface area contributed by atoms with E-state index in [1.807, 2.05) is 0 Å². The Morgan fingerprint density at radius 3 is 1.05 bits per heavy atom. The van der Waals surface area contributed by atoms with Crippen molar-refractivity contribution in [3.05, 3.63) is 0 Å². The Morgan fingerprint density at radius 1 is 0.675 bits per heavy atom. The molecule has 40 heavy (non-hydrogen) atoms. The first-order valence-corrected chi connectivity index (χ1v) is 15.0. The SMILES string of the molecule is CC(O)C(=O)[O-].CCCCCCCCCCCCCCCCCC(=O)O.OCC(CO)(CO)CO.OP(O)O.[Na+]. The number of aliphatic hydroxyl groups excluding tert-OH is 5. The summed E-state index contributed by atoms with van der Waals surface area (Å²) in [5, 5.41) is 59.8. The van der Waals surface area contributed by atoms with Gasteiger partial charge in [-0.25, -0.2) is 0 Å². The number of carboxylic acids is 2. The summed E-state index contributed by atoms with van der Waals surface area (Å²) in [7, 11) is -2.62. The minimum absolute atomic E-state index is 0. The van der Waals surface area contributed by atoms with Gasteiger partial charge in [0.05, 0.1) is 43.9 Å². The normalized spacial score (nSPS) is 11.1. The molecular weight excluding hydrogens is 558 g/mol. The molecule has 1 atom stereocenters. The van der Waals surface area contributed by atoms with E-state index >= 15 is 0 Å². The fourth-order valence-electron chi connectivity index (χ4n) is 2.95. The van der Waals surface area contributed by atoms with Crippen LogP contribution in [0.4, 0.5) is 0 Å². The van der Waals surface area contributed by atoms with E-state index in [1.54, 1.807) is 0 Å². The van der Waals surface area contributed by atoms with Gasteiger partial charge in [-0.1, -0.05) is 96.8 Å². The second-order valence-corrected chi connectivity index (χ2v) is 10.0. The fourth-order valence-corrected chi connectivity index (χ4v) is 2.95. The van der Waals surface area contributed by atoms with Crippen LogP contribution in [0.15, 0.2) is 0 Å². The van der Waals surface area contributed by atoms with E-state index < -0.39 is 58.5 Å². The van der Waals surface area contributed by atoms with Gasteiger partial charge >= 0.3 is 44.1 Å². The number of carboxylic acid groups (broad SMARTS) is 2. The first kappa shape index (κ1) is 49.7. The van der Waals surface area contributed by atoms with Gasteiger partial charge in [0, 0.05) is 6.42 Å². The zero-order valence-electron chi connectivity index (χ0n) is 24.9. The second-order valence-electron chi connectivity index (χ2n) is 9.49. The molecule has 0 aromatic rings. The quantitative estimate of drug-likeness (QED) is 0.0412. The molecule has 0 rings (SSSR count). The van der Waals surface area contributed by atoms with Crippen molar-refractivity contribution in [2.45, 2.75) is 123 Å². The van der Waals surface area contributed by atoms with Crippen LogP contribution >= 0.6 is 8.60 Å². The van der Waals surface area contributed by atoms with E-state index in [0.717, 1.165) is 19.8 Å². The summed E-state index contributed by atoms with van der Waals surface area (Å²) in [6.07, 6.45) is 18.9. The van der Waals surface area contributed by atoms with Gasteiger partial charge in [0.25, 0.3) is 0 Å². The Hall–Kier alpha value is 0.0500. The number of hydrogen-bond acceptors (Lipinski definition) is 11. The van der Waals surface area contributed by atoms with E-state index in [2.05, 4.69) is 6.92 Å². The maximum Gasteiger partial charge on any atom is 1.00 e. The standard InChI is InChI=1S/C18H36O2.C5H12O4.C3H6O3.Na.H3O3P/c1-2-3-4-5-6-7-8-9-10-11-12-13-14-15-16-17-18(19)20;6-1-5(2-7,3-8)4-9;1-2(4)3(5)6;;1-4(2)3/h2-17H2,1H3,(H,19,20);6-9H,1-4H2;2,4H,1H3,(H,5,6);;1-3H/q;;;+1;/p-1. The number of hydrogen-bond donors (Lipinski definition) is 9. The van der Waals surface area contributed by atoms with Gasteiger partial charge in [-0.15, -0.1) is 0 Å². The van der Waals surface area contributed by atoms with E-state index in [1.165, 1.54) is 83.5 Å². The molecular formula is C26H56NaO12P. The summed E-state index contributed by atoms with van der Waals surface area (Å²) in [5.74, 6) is -2.09. The molecule has 0 amide bonds. The van der Waals surface area contributed by atoms with Crippen LogP contribution in [0.5, 0.6) is 0 Å². The van der Waals surface area contributed by atoms with Gasteiger partial charge < -0.3 is 55.2 Å². The van der Waals surface area contributed by atoms with Crippen LogP contribution in [-0.2, 0) is 9.59 Å². The molecule has 0 aliphatic rings. The van der Waals surface area contributed by atoms with E-state index in [9.17, 15) is 14.7 Å². The van der Waals surface area contributed by atoms with Crippen molar-refractivity contribution in [2.24, 2.45) is 5.41 Å². The van der Waals surface area contributed by atoms with Crippen molar-refractivity contribution in [1.29, 1.82) is 0 Å². The Balaban J connectivity index is -0.000000168. The number of aliphatic carboxylic acids is 2. The molecule has 0 saturated heterocycles. The summed E-state index contributed by atoms with van der Waals surface area (Å²) < 4.78 is 0. The monoisotopic (exact) mass is 614 g/mol. The van der Waals surface area contributed by atoms with Gasteiger partial charge in [-0.3, -0.25) is 4.79 Å².